The first-order valence-electron chi connectivity index (χ1n) is 6.28. The van der Waals surface area contributed by atoms with Crippen LogP contribution in [0.4, 0.5) is 5.69 Å². The van der Waals surface area contributed by atoms with Crippen molar-refractivity contribution in [2.75, 3.05) is 12.3 Å². The number of nitrogen functional groups attached to an aromatic ring is 1. The zero-order valence-corrected chi connectivity index (χ0v) is 10.7. The van der Waals surface area contributed by atoms with Gasteiger partial charge < -0.3 is 10.5 Å². The smallest absolute Gasteiger partial charge is 0.119 e. The summed E-state index contributed by atoms with van der Waals surface area (Å²) in [5, 5.41) is 0. The van der Waals surface area contributed by atoms with Gasteiger partial charge in [0.1, 0.15) is 5.75 Å². The lowest BCUT2D eigenvalue weighted by Gasteiger charge is -2.06. The van der Waals surface area contributed by atoms with Crippen LogP contribution in [0.1, 0.15) is 17.5 Å². The van der Waals surface area contributed by atoms with Gasteiger partial charge in [-0.05, 0) is 49.6 Å². The second-order valence-corrected chi connectivity index (χ2v) is 4.51. The Kier molecular flexibility index (Phi) is 4.24. The molecule has 0 saturated heterocycles. The van der Waals surface area contributed by atoms with Gasteiger partial charge in [-0.3, -0.25) is 0 Å². The Hall–Kier alpha value is -1.96. The topological polar surface area (TPSA) is 35.2 Å². The summed E-state index contributed by atoms with van der Waals surface area (Å²) in [5.41, 5.74) is 9.07. The van der Waals surface area contributed by atoms with E-state index < -0.39 is 0 Å². The molecule has 2 heteroatoms. The minimum atomic E-state index is 0.734. The van der Waals surface area contributed by atoms with Gasteiger partial charge in [0.15, 0.2) is 0 Å². The molecular weight excluding hydrogens is 222 g/mol. The molecule has 2 rings (SSSR count). The van der Waals surface area contributed by atoms with E-state index in [4.69, 9.17) is 10.5 Å². The summed E-state index contributed by atoms with van der Waals surface area (Å²) >= 11 is 0. The van der Waals surface area contributed by atoms with Crippen LogP contribution in [0.3, 0.4) is 0 Å². The van der Waals surface area contributed by atoms with E-state index in [1.165, 1.54) is 11.1 Å². The molecule has 0 bridgehead atoms. The number of hydrogen-bond acceptors (Lipinski definition) is 2. The summed E-state index contributed by atoms with van der Waals surface area (Å²) in [7, 11) is 0. The van der Waals surface area contributed by atoms with E-state index in [0.717, 1.165) is 30.9 Å². The summed E-state index contributed by atoms with van der Waals surface area (Å²) in [6.45, 7) is 2.85. The molecule has 0 aliphatic rings. The standard InChI is InChI=1S/C16H19NO/c1-13-4-2-5-14(12-13)6-3-11-18-16-9-7-15(17)8-10-16/h2,4-5,7-10,12H,3,6,11,17H2,1H3. The maximum Gasteiger partial charge on any atom is 0.119 e. The van der Waals surface area contributed by atoms with Crippen molar-refractivity contribution in [1.29, 1.82) is 0 Å². The molecule has 0 aliphatic carbocycles. The van der Waals surface area contributed by atoms with Crippen molar-refractivity contribution >= 4 is 5.69 Å². The average Bonchev–Trinajstić information content (AvgIpc) is 2.37. The summed E-state index contributed by atoms with van der Waals surface area (Å²) in [4.78, 5) is 0. The maximum atomic E-state index is 5.66. The monoisotopic (exact) mass is 241 g/mol. The highest BCUT2D eigenvalue weighted by molar-refractivity contribution is 5.41. The number of nitrogens with two attached hydrogens (primary N) is 1. The third kappa shape index (κ3) is 3.81. The lowest BCUT2D eigenvalue weighted by atomic mass is 10.1. The van der Waals surface area contributed by atoms with Gasteiger partial charge in [-0.1, -0.05) is 29.8 Å². The molecule has 94 valence electrons. The highest BCUT2D eigenvalue weighted by Crippen LogP contribution is 2.14. The van der Waals surface area contributed by atoms with Crippen molar-refractivity contribution < 1.29 is 4.74 Å². The Morgan fingerprint density at radius 2 is 1.83 bits per heavy atom. The summed E-state index contributed by atoms with van der Waals surface area (Å²) in [6.07, 6.45) is 2.07. The Morgan fingerprint density at radius 1 is 1.06 bits per heavy atom. The molecule has 2 aromatic carbocycles. The molecule has 0 radical (unpaired) electrons. The van der Waals surface area contributed by atoms with Crippen LogP contribution in [-0.4, -0.2) is 6.61 Å². The molecule has 0 spiro atoms. The van der Waals surface area contributed by atoms with Gasteiger partial charge in [-0.2, -0.15) is 0 Å². The fourth-order valence-corrected chi connectivity index (χ4v) is 1.90. The van der Waals surface area contributed by atoms with Crippen molar-refractivity contribution in [2.45, 2.75) is 19.8 Å². The zero-order chi connectivity index (χ0) is 12.8. The van der Waals surface area contributed by atoms with Gasteiger partial charge in [0.25, 0.3) is 0 Å². The number of benzene rings is 2. The fraction of sp³-hybridized carbons (Fsp3) is 0.250. The first-order valence-corrected chi connectivity index (χ1v) is 6.28. The highest BCUT2D eigenvalue weighted by Gasteiger charge is 1.96. The van der Waals surface area contributed by atoms with Crippen molar-refractivity contribution in [1.82, 2.24) is 0 Å². The van der Waals surface area contributed by atoms with E-state index in [1.54, 1.807) is 0 Å². The number of rotatable bonds is 5. The molecule has 2 nitrogen and oxygen atoms in total. The fourth-order valence-electron chi connectivity index (χ4n) is 1.90. The van der Waals surface area contributed by atoms with Crippen LogP contribution in [0.5, 0.6) is 5.75 Å². The Balaban J connectivity index is 1.74. The minimum Gasteiger partial charge on any atom is -0.494 e. The van der Waals surface area contributed by atoms with Gasteiger partial charge in [0.05, 0.1) is 6.61 Å². The second-order valence-electron chi connectivity index (χ2n) is 4.51. The van der Waals surface area contributed by atoms with Crippen LogP contribution in [0.15, 0.2) is 48.5 Å². The first-order chi connectivity index (χ1) is 8.74. The molecule has 0 amide bonds. The number of anilines is 1. The molecule has 2 N–H and O–H groups in total. The maximum absolute atomic E-state index is 5.66. The number of aryl methyl sites for hydroxylation is 2. The minimum absolute atomic E-state index is 0.734. The van der Waals surface area contributed by atoms with Crippen LogP contribution in [-0.2, 0) is 6.42 Å². The SMILES string of the molecule is Cc1cccc(CCCOc2ccc(N)cc2)c1. The average molecular weight is 241 g/mol. The van der Waals surface area contributed by atoms with Crippen molar-refractivity contribution in [3.63, 3.8) is 0 Å². The van der Waals surface area contributed by atoms with E-state index in [9.17, 15) is 0 Å². The predicted molar refractivity (Wildman–Crippen MR) is 75.8 cm³/mol. The van der Waals surface area contributed by atoms with Gasteiger partial charge in [-0.25, -0.2) is 0 Å². The third-order valence-corrected chi connectivity index (χ3v) is 2.84. The quantitative estimate of drug-likeness (QED) is 0.641. The van der Waals surface area contributed by atoms with E-state index in [-0.39, 0.29) is 0 Å². The Morgan fingerprint density at radius 3 is 2.56 bits per heavy atom. The molecule has 18 heavy (non-hydrogen) atoms. The lowest BCUT2D eigenvalue weighted by Crippen LogP contribution is -1.99. The van der Waals surface area contributed by atoms with Gasteiger partial charge >= 0.3 is 0 Å². The number of hydrogen-bond donors (Lipinski definition) is 1. The molecule has 0 aliphatic heterocycles. The van der Waals surface area contributed by atoms with Crippen LogP contribution in [0.2, 0.25) is 0 Å². The summed E-state index contributed by atoms with van der Waals surface area (Å²) in [5.74, 6) is 0.883. The molecule has 0 fully saturated rings. The molecule has 0 unspecified atom stereocenters. The zero-order valence-electron chi connectivity index (χ0n) is 10.7. The van der Waals surface area contributed by atoms with E-state index >= 15 is 0 Å². The van der Waals surface area contributed by atoms with E-state index in [2.05, 4.69) is 31.2 Å². The van der Waals surface area contributed by atoms with Crippen LogP contribution < -0.4 is 10.5 Å². The van der Waals surface area contributed by atoms with Gasteiger partial charge in [0, 0.05) is 5.69 Å². The van der Waals surface area contributed by atoms with Crippen LogP contribution >= 0.6 is 0 Å². The second kappa shape index (κ2) is 6.10. The number of ether oxygens (including phenoxy) is 1. The Labute approximate surface area is 108 Å². The third-order valence-electron chi connectivity index (χ3n) is 2.84. The van der Waals surface area contributed by atoms with Gasteiger partial charge in [0.2, 0.25) is 0 Å². The summed E-state index contributed by atoms with van der Waals surface area (Å²) in [6, 6.07) is 16.1. The van der Waals surface area contributed by atoms with Crippen LogP contribution in [0, 0.1) is 6.92 Å². The lowest BCUT2D eigenvalue weighted by molar-refractivity contribution is 0.311. The molecular formula is C16H19NO. The molecule has 0 saturated carbocycles. The molecule has 0 aromatic heterocycles. The normalized spacial score (nSPS) is 10.3. The predicted octanol–water partition coefficient (Wildman–Crippen LogP) is 3.59. The highest BCUT2D eigenvalue weighted by atomic mass is 16.5. The van der Waals surface area contributed by atoms with Crippen molar-refractivity contribution in [2.24, 2.45) is 0 Å². The molecule has 0 heterocycles. The van der Waals surface area contributed by atoms with E-state index in [1.807, 2.05) is 24.3 Å². The van der Waals surface area contributed by atoms with E-state index in [0.29, 0.717) is 0 Å². The molecule has 2 aromatic rings. The largest absolute Gasteiger partial charge is 0.494 e. The Bertz CT molecular complexity index is 491. The summed E-state index contributed by atoms with van der Waals surface area (Å²) < 4.78 is 5.66. The molecule has 0 atom stereocenters. The van der Waals surface area contributed by atoms with Gasteiger partial charge in [-0.15, -0.1) is 0 Å². The van der Waals surface area contributed by atoms with Crippen molar-refractivity contribution in [3.05, 3.63) is 59.7 Å². The van der Waals surface area contributed by atoms with Crippen LogP contribution in [0.25, 0.3) is 0 Å². The first kappa shape index (κ1) is 12.5. The van der Waals surface area contributed by atoms with Crippen molar-refractivity contribution in [3.8, 4) is 5.75 Å².